The van der Waals surface area contributed by atoms with Crippen LogP contribution in [0.2, 0.25) is 5.02 Å². The van der Waals surface area contributed by atoms with Crippen molar-refractivity contribution in [3.8, 4) is 11.1 Å². The van der Waals surface area contributed by atoms with E-state index in [9.17, 15) is 14.7 Å². The average Bonchev–Trinajstić information content (AvgIpc) is 3.48. The zero-order chi connectivity index (χ0) is 26.9. The number of aliphatic hydroxyl groups is 1. The first-order valence-corrected chi connectivity index (χ1v) is 12.2. The number of hydrogen-bond donors (Lipinski definition) is 1. The summed E-state index contributed by atoms with van der Waals surface area (Å²) in [6.07, 6.45) is 1.23. The number of aldehydes is 1. The number of aliphatic hydroxyl groups excluding tert-OH is 1. The second-order valence-corrected chi connectivity index (χ2v) is 9.24. The van der Waals surface area contributed by atoms with Crippen molar-refractivity contribution in [1.29, 1.82) is 0 Å². The lowest BCUT2D eigenvalue weighted by Crippen LogP contribution is -2.12. The van der Waals surface area contributed by atoms with E-state index in [1.807, 2.05) is 31.5 Å². The molecule has 0 radical (unpaired) electrons. The molecule has 0 aliphatic rings. The number of halogens is 1. The topological polar surface area (TPSA) is 113 Å². The molecule has 37 heavy (non-hydrogen) atoms. The standard InChI is InChI=1S/C26H30ClN5O5/c1-15-22-21(32(9-6-10-33)25(15)26(35)36-5)8-7-19(27)24(22)23-16(2)30(3)29-20(23)14-37-13-17-11-18(12-34)31(4)28-17/h7-8,11-12,33H,6,9-10,13-14H2,1-5H3. The highest BCUT2D eigenvalue weighted by molar-refractivity contribution is 6.35. The van der Waals surface area contributed by atoms with Gasteiger partial charge in [0.1, 0.15) is 11.4 Å². The summed E-state index contributed by atoms with van der Waals surface area (Å²) in [5.74, 6) is -0.453. The Bertz CT molecular complexity index is 1480. The van der Waals surface area contributed by atoms with Gasteiger partial charge in [-0.2, -0.15) is 10.2 Å². The van der Waals surface area contributed by atoms with Gasteiger partial charge in [-0.15, -0.1) is 0 Å². The number of aryl methyl sites for hydroxylation is 4. The summed E-state index contributed by atoms with van der Waals surface area (Å²) < 4.78 is 16.2. The molecule has 0 saturated heterocycles. The van der Waals surface area contributed by atoms with Crippen LogP contribution in [0.15, 0.2) is 18.2 Å². The number of carbonyl (C=O) groups excluding carboxylic acids is 2. The van der Waals surface area contributed by atoms with Gasteiger partial charge in [-0.3, -0.25) is 14.2 Å². The number of benzene rings is 1. The van der Waals surface area contributed by atoms with Gasteiger partial charge in [-0.1, -0.05) is 11.6 Å². The van der Waals surface area contributed by atoms with Crippen molar-refractivity contribution in [2.75, 3.05) is 13.7 Å². The Morgan fingerprint density at radius 3 is 2.54 bits per heavy atom. The normalized spacial score (nSPS) is 11.4. The van der Waals surface area contributed by atoms with Crippen LogP contribution < -0.4 is 0 Å². The lowest BCUT2D eigenvalue weighted by Gasteiger charge is -2.11. The van der Waals surface area contributed by atoms with E-state index in [0.29, 0.717) is 40.8 Å². The van der Waals surface area contributed by atoms with Gasteiger partial charge in [0, 0.05) is 60.0 Å². The van der Waals surface area contributed by atoms with E-state index in [1.165, 1.54) is 11.8 Å². The number of ether oxygens (including phenoxy) is 2. The van der Waals surface area contributed by atoms with Gasteiger partial charge in [0.05, 0.1) is 31.7 Å². The predicted octanol–water partition coefficient (Wildman–Crippen LogP) is 3.74. The summed E-state index contributed by atoms with van der Waals surface area (Å²) in [6.45, 7) is 4.66. The van der Waals surface area contributed by atoms with E-state index in [1.54, 1.807) is 23.9 Å². The molecule has 0 unspecified atom stereocenters. The van der Waals surface area contributed by atoms with Crippen molar-refractivity contribution in [1.82, 2.24) is 24.1 Å². The highest BCUT2D eigenvalue weighted by atomic mass is 35.5. The molecule has 3 heterocycles. The minimum Gasteiger partial charge on any atom is -0.464 e. The SMILES string of the molecule is COC(=O)c1c(C)c2c(-c3c(COCc4cc(C=O)n(C)n4)nn(C)c3C)c(Cl)ccc2n1CCCO. The third kappa shape index (κ3) is 4.79. The molecule has 196 valence electrons. The minimum absolute atomic E-state index is 0.00636. The average molecular weight is 528 g/mol. The number of esters is 1. The Kier molecular flexibility index (Phi) is 7.82. The first kappa shape index (κ1) is 26.6. The molecule has 4 rings (SSSR count). The molecular weight excluding hydrogens is 498 g/mol. The van der Waals surface area contributed by atoms with Crippen molar-refractivity contribution in [2.24, 2.45) is 14.1 Å². The zero-order valence-corrected chi connectivity index (χ0v) is 22.3. The van der Waals surface area contributed by atoms with Gasteiger partial charge in [0.15, 0.2) is 6.29 Å². The molecule has 3 aromatic heterocycles. The fourth-order valence-electron chi connectivity index (χ4n) is 4.76. The lowest BCUT2D eigenvalue weighted by atomic mass is 9.97. The quantitative estimate of drug-likeness (QED) is 0.247. The second kappa shape index (κ2) is 10.9. The number of rotatable bonds is 10. The van der Waals surface area contributed by atoms with Crippen LogP contribution in [0.3, 0.4) is 0 Å². The van der Waals surface area contributed by atoms with Gasteiger partial charge in [0.25, 0.3) is 0 Å². The molecule has 4 aromatic rings. The second-order valence-electron chi connectivity index (χ2n) is 8.84. The molecule has 10 nitrogen and oxygen atoms in total. The number of aromatic nitrogens is 5. The van der Waals surface area contributed by atoms with E-state index in [2.05, 4.69) is 10.2 Å². The molecule has 0 atom stereocenters. The Hall–Kier alpha value is -3.47. The van der Waals surface area contributed by atoms with E-state index >= 15 is 0 Å². The summed E-state index contributed by atoms with van der Waals surface area (Å²) >= 11 is 6.82. The number of nitrogens with zero attached hydrogens (tertiary/aromatic N) is 5. The largest absolute Gasteiger partial charge is 0.464 e. The molecule has 0 saturated carbocycles. The molecule has 0 bridgehead atoms. The van der Waals surface area contributed by atoms with Crippen LogP contribution in [0, 0.1) is 13.8 Å². The van der Waals surface area contributed by atoms with E-state index in [0.717, 1.165) is 39.6 Å². The fraction of sp³-hybridized carbons (Fsp3) is 0.385. The maximum absolute atomic E-state index is 12.8. The van der Waals surface area contributed by atoms with Crippen LogP contribution in [-0.4, -0.2) is 55.2 Å². The molecule has 1 aromatic carbocycles. The summed E-state index contributed by atoms with van der Waals surface area (Å²) in [7, 11) is 4.91. The van der Waals surface area contributed by atoms with Crippen LogP contribution in [0.5, 0.6) is 0 Å². The molecule has 0 aliphatic heterocycles. The number of hydrogen-bond acceptors (Lipinski definition) is 7. The van der Waals surface area contributed by atoms with Crippen molar-refractivity contribution in [2.45, 2.75) is 40.0 Å². The molecule has 11 heteroatoms. The summed E-state index contributed by atoms with van der Waals surface area (Å²) in [6, 6.07) is 5.37. The third-order valence-electron chi connectivity index (χ3n) is 6.57. The Labute approximate surface area is 219 Å². The molecule has 0 amide bonds. The van der Waals surface area contributed by atoms with Crippen LogP contribution in [-0.2, 0) is 43.3 Å². The fourth-order valence-corrected chi connectivity index (χ4v) is 5.01. The van der Waals surface area contributed by atoms with Crippen molar-refractivity contribution >= 4 is 34.8 Å². The van der Waals surface area contributed by atoms with E-state index < -0.39 is 5.97 Å². The minimum atomic E-state index is -0.453. The number of carbonyl (C=O) groups is 2. The summed E-state index contributed by atoms with van der Waals surface area (Å²) in [4.78, 5) is 23.9. The van der Waals surface area contributed by atoms with Gasteiger partial charge >= 0.3 is 5.97 Å². The number of fused-ring (bicyclic) bond motifs is 1. The lowest BCUT2D eigenvalue weighted by molar-refractivity contribution is 0.0587. The Morgan fingerprint density at radius 1 is 1.14 bits per heavy atom. The van der Waals surface area contributed by atoms with Crippen LogP contribution in [0.25, 0.3) is 22.0 Å². The number of methoxy groups -OCH3 is 1. The van der Waals surface area contributed by atoms with Crippen LogP contribution >= 0.6 is 11.6 Å². The van der Waals surface area contributed by atoms with Gasteiger partial charge in [0.2, 0.25) is 0 Å². The third-order valence-corrected chi connectivity index (χ3v) is 6.89. The molecule has 0 spiro atoms. The van der Waals surface area contributed by atoms with E-state index in [4.69, 9.17) is 21.1 Å². The first-order chi connectivity index (χ1) is 17.7. The maximum atomic E-state index is 12.8. The van der Waals surface area contributed by atoms with Gasteiger partial charge in [-0.25, -0.2) is 4.79 Å². The monoisotopic (exact) mass is 527 g/mol. The molecule has 0 aliphatic carbocycles. The first-order valence-electron chi connectivity index (χ1n) is 11.8. The van der Waals surface area contributed by atoms with E-state index in [-0.39, 0.29) is 19.8 Å². The van der Waals surface area contributed by atoms with Gasteiger partial charge < -0.3 is 19.1 Å². The van der Waals surface area contributed by atoms with Crippen LogP contribution in [0.1, 0.15) is 50.0 Å². The highest BCUT2D eigenvalue weighted by Gasteiger charge is 2.27. The van der Waals surface area contributed by atoms with Crippen molar-refractivity contribution in [3.05, 3.63) is 57.3 Å². The smallest absolute Gasteiger partial charge is 0.354 e. The molecule has 1 N–H and O–H groups in total. The summed E-state index contributed by atoms with van der Waals surface area (Å²) in [5.41, 5.74) is 6.24. The summed E-state index contributed by atoms with van der Waals surface area (Å²) in [5, 5.41) is 19.8. The van der Waals surface area contributed by atoms with Crippen molar-refractivity contribution < 1.29 is 24.2 Å². The highest BCUT2D eigenvalue weighted by Crippen LogP contribution is 2.42. The molecular formula is C26H30ClN5O5. The molecule has 0 fully saturated rings. The van der Waals surface area contributed by atoms with Crippen LogP contribution in [0.4, 0.5) is 0 Å². The van der Waals surface area contributed by atoms with Gasteiger partial charge in [-0.05, 0) is 44.0 Å². The van der Waals surface area contributed by atoms with Crippen molar-refractivity contribution in [3.63, 3.8) is 0 Å². The Balaban J connectivity index is 1.82. The Morgan fingerprint density at radius 2 is 1.89 bits per heavy atom. The maximum Gasteiger partial charge on any atom is 0.354 e. The predicted molar refractivity (Wildman–Crippen MR) is 139 cm³/mol. The zero-order valence-electron chi connectivity index (χ0n) is 21.5.